The van der Waals surface area contributed by atoms with Crippen molar-refractivity contribution in [1.29, 1.82) is 0 Å². The van der Waals surface area contributed by atoms with Gasteiger partial charge in [-0.2, -0.15) is 4.39 Å². The number of hydrogen-bond acceptors (Lipinski definition) is 12. The molecule has 6 amide bonds. The average molecular weight is 913 g/mol. The van der Waals surface area contributed by atoms with Crippen molar-refractivity contribution in [1.82, 2.24) is 35.7 Å². The fourth-order valence-electron chi connectivity index (χ4n) is 7.52. The van der Waals surface area contributed by atoms with Gasteiger partial charge in [-0.25, -0.2) is 19.4 Å². The molecule has 1 fully saturated rings. The lowest BCUT2D eigenvalue weighted by atomic mass is 9.99. The van der Waals surface area contributed by atoms with Crippen molar-refractivity contribution in [3.05, 3.63) is 99.5 Å². The Balaban J connectivity index is 1.08. The fraction of sp³-hybridized carbons (Fsp3) is 0.409. The highest BCUT2D eigenvalue weighted by atomic mass is 32.2. The lowest BCUT2D eigenvalue weighted by Gasteiger charge is -2.24. The zero-order valence-corrected chi connectivity index (χ0v) is 37.2. The monoisotopic (exact) mass is 912 g/mol. The van der Waals surface area contributed by atoms with E-state index >= 15 is 4.39 Å². The van der Waals surface area contributed by atoms with Crippen molar-refractivity contribution < 1.29 is 42.6 Å². The molecule has 2 aliphatic rings. The minimum atomic E-state index is -0.976. The molecule has 3 heterocycles. The second-order valence-electron chi connectivity index (χ2n) is 16.3. The number of carbonyl (C=O) groups excluding carboxylic acids is 6. The number of unbranched alkanes of at least 4 members (excludes halogenated alkanes) is 2. The molecule has 0 unspecified atom stereocenters. The second kappa shape index (κ2) is 21.7. The molecule has 1 aliphatic heterocycles. The molecule has 6 rings (SSSR count). The number of nitro benzene ring substituents is 1. The van der Waals surface area contributed by atoms with Gasteiger partial charge in [-0.15, -0.1) is 5.10 Å². The maximum atomic E-state index is 16.2. The van der Waals surface area contributed by atoms with E-state index in [0.717, 1.165) is 54.0 Å². The standard InChI is InChI=1S/C44H50FN11O8S/c1-26(2)39(48-36(57)12-6-5-9-21-55-37(58)19-20-38(55)59)43(62)46-27(3)41(60)47-31-15-13-28(14-16-31)24-54-25-30(29-10-7-8-11-29)22-34(45)40(54)49-42(61)33-23-32(56(63)64)17-18-35(33)65-44-50-51-52-53(44)4/h13-20,22-23,25-27,29,39H,5-12,21,24H2,1-4H3,(H3,46,47,48,57,60,62)/p+1/t27-,39-/m0/s1. The summed E-state index contributed by atoms with van der Waals surface area (Å²) in [5, 5.41) is 34.2. The largest absolute Gasteiger partial charge is 0.344 e. The Labute approximate surface area is 378 Å². The van der Waals surface area contributed by atoms with Crippen LogP contribution in [0.4, 0.5) is 21.6 Å². The van der Waals surface area contributed by atoms with Crippen molar-refractivity contribution >= 4 is 64.4 Å². The van der Waals surface area contributed by atoms with E-state index in [4.69, 9.17) is 0 Å². The van der Waals surface area contributed by atoms with Gasteiger partial charge in [0.1, 0.15) is 18.6 Å². The number of amides is 6. The van der Waals surface area contributed by atoms with Crippen LogP contribution < -0.4 is 25.8 Å². The van der Waals surface area contributed by atoms with Crippen molar-refractivity contribution in [2.24, 2.45) is 13.0 Å². The van der Waals surface area contributed by atoms with Gasteiger partial charge in [0.15, 0.2) is 0 Å². The molecule has 2 aromatic carbocycles. The maximum Gasteiger partial charge on any atom is 0.340 e. The van der Waals surface area contributed by atoms with E-state index in [1.54, 1.807) is 55.9 Å². The molecule has 0 spiro atoms. The van der Waals surface area contributed by atoms with Crippen LogP contribution in [0.25, 0.3) is 0 Å². The Hall–Kier alpha value is -6.90. The molecule has 4 N–H and O–H groups in total. The Kier molecular flexibility index (Phi) is 15.8. The van der Waals surface area contributed by atoms with E-state index in [1.165, 1.54) is 42.0 Å². The highest BCUT2D eigenvalue weighted by Crippen LogP contribution is 2.35. The van der Waals surface area contributed by atoms with Crippen LogP contribution in [0.3, 0.4) is 0 Å². The molecule has 0 bridgehead atoms. The lowest BCUT2D eigenvalue weighted by Crippen LogP contribution is -2.53. The molecular weight excluding hydrogens is 862 g/mol. The molecule has 1 saturated carbocycles. The smallest absolute Gasteiger partial charge is 0.340 e. The van der Waals surface area contributed by atoms with Crippen LogP contribution in [-0.2, 0) is 37.6 Å². The third-order valence-electron chi connectivity index (χ3n) is 11.1. The van der Waals surface area contributed by atoms with Gasteiger partial charge in [0, 0.05) is 54.9 Å². The number of halogens is 1. The molecule has 2 atom stereocenters. The summed E-state index contributed by atoms with van der Waals surface area (Å²) in [6.07, 6.45) is 9.85. The van der Waals surface area contributed by atoms with Gasteiger partial charge in [0.2, 0.25) is 28.7 Å². The van der Waals surface area contributed by atoms with Crippen molar-refractivity contribution in [2.45, 2.75) is 107 Å². The van der Waals surface area contributed by atoms with Crippen LogP contribution in [0, 0.1) is 21.8 Å². The molecule has 4 aromatic rings. The van der Waals surface area contributed by atoms with Crippen LogP contribution in [0.15, 0.2) is 76.9 Å². The number of carbonyl (C=O) groups is 6. The van der Waals surface area contributed by atoms with Crippen LogP contribution in [0.2, 0.25) is 0 Å². The number of benzene rings is 2. The maximum absolute atomic E-state index is 16.2. The second-order valence-corrected chi connectivity index (χ2v) is 17.3. The number of nitrogens with one attached hydrogen (secondary N) is 4. The van der Waals surface area contributed by atoms with Crippen molar-refractivity contribution in [3.8, 4) is 0 Å². The number of tetrazole rings is 1. The van der Waals surface area contributed by atoms with Gasteiger partial charge in [-0.1, -0.05) is 45.2 Å². The minimum Gasteiger partial charge on any atom is -0.344 e. The first kappa shape index (κ1) is 47.6. The SMILES string of the molecule is CC(C)[C@H](NC(=O)CCCCCN1C(=O)C=CC1=O)C(=O)N[C@@H](C)C(=O)Nc1ccc(C[n+]2cc(C3CCCC3)cc(F)c2NC(=O)c2cc([N+](=O)[O-])ccc2Sc2nnnn2C)cc1. The summed E-state index contributed by atoms with van der Waals surface area (Å²) >= 11 is 1.02. The molecule has 2 aromatic heterocycles. The predicted molar refractivity (Wildman–Crippen MR) is 235 cm³/mol. The number of nitro groups is 1. The number of pyridine rings is 1. The van der Waals surface area contributed by atoms with E-state index in [-0.39, 0.29) is 66.1 Å². The molecule has 65 heavy (non-hydrogen) atoms. The third-order valence-corrected chi connectivity index (χ3v) is 12.3. The third kappa shape index (κ3) is 12.4. The number of anilines is 2. The lowest BCUT2D eigenvalue weighted by molar-refractivity contribution is -0.675. The van der Waals surface area contributed by atoms with Gasteiger partial charge >= 0.3 is 11.7 Å². The highest BCUT2D eigenvalue weighted by Gasteiger charge is 2.30. The van der Waals surface area contributed by atoms with Crippen LogP contribution in [0.1, 0.15) is 99.5 Å². The van der Waals surface area contributed by atoms with E-state index in [0.29, 0.717) is 40.6 Å². The predicted octanol–water partition coefficient (Wildman–Crippen LogP) is 4.72. The number of aromatic nitrogens is 5. The molecule has 342 valence electrons. The number of nitrogens with zero attached hydrogens (tertiary/aromatic N) is 7. The number of imide groups is 1. The summed E-state index contributed by atoms with van der Waals surface area (Å²) < 4.78 is 19.2. The van der Waals surface area contributed by atoms with Gasteiger partial charge < -0.3 is 16.0 Å². The molecule has 0 saturated heterocycles. The molecule has 21 heteroatoms. The van der Waals surface area contributed by atoms with E-state index in [1.807, 2.05) is 0 Å². The summed E-state index contributed by atoms with van der Waals surface area (Å²) in [6.45, 7) is 5.45. The normalized spacial score (nSPS) is 14.7. The number of rotatable bonds is 20. The summed E-state index contributed by atoms with van der Waals surface area (Å²) in [4.78, 5) is 89.1. The first-order chi connectivity index (χ1) is 31.1. The topological polar surface area (TPSA) is 244 Å². The van der Waals surface area contributed by atoms with Crippen molar-refractivity contribution in [3.63, 3.8) is 0 Å². The van der Waals surface area contributed by atoms with E-state index in [2.05, 4.69) is 36.8 Å². The van der Waals surface area contributed by atoms with Gasteiger partial charge in [-0.05, 0) is 102 Å². The zero-order valence-electron chi connectivity index (χ0n) is 36.4. The van der Waals surface area contributed by atoms with Gasteiger partial charge in [-0.3, -0.25) is 39.0 Å². The summed E-state index contributed by atoms with van der Waals surface area (Å²) in [5.74, 6) is -3.85. The zero-order chi connectivity index (χ0) is 46.8. The average Bonchev–Trinajstić information content (AvgIpc) is 4.03. The first-order valence-electron chi connectivity index (χ1n) is 21.3. The van der Waals surface area contributed by atoms with Crippen LogP contribution in [-0.4, -0.2) is 84.1 Å². The van der Waals surface area contributed by atoms with Gasteiger partial charge in [0.25, 0.3) is 17.5 Å². The molecular formula is C44H51FN11O8S+. The van der Waals surface area contributed by atoms with Crippen LogP contribution in [0.5, 0.6) is 0 Å². The summed E-state index contributed by atoms with van der Waals surface area (Å²) in [5.41, 5.74) is 1.47. The molecule has 1 aliphatic carbocycles. The van der Waals surface area contributed by atoms with Crippen molar-refractivity contribution in [2.75, 3.05) is 17.2 Å². The minimum absolute atomic E-state index is 0.0808. The number of hydrogen-bond donors (Lipinski definition) is 4. The Bertz CT molecular complexity index is 2470. The molecule has 19 nitrogen and oxygen atoms in total. The quantitative estimate of drug-likeness (QED) is 0.0309. The van der Waals surface area contributed by atoms with E-state index < -0.39 is 40.5 Å². The number of non-ortho nitro benzene ring substituents is 1. The Morgan fingerprint density at radius 2 is 1.65 bits per heavy atom. The summed E-state index contributed by atoms with van der Waals surface area (Å²) in [7, 11) is 1.60. The van der Waals surface area contributed by atoms with Crippen LogP contribution >= 0.6 is 11.8 Å². The molecule has 0 radical (unpaired) electrons. The Morgan fingerprint density at radius 3 is 2.29 bits per heavy atom. The summed E-state index contributed by atoms with van der Waals surface area (Å²) in [6, 6.07) is 10.1. The Morgan fingerprint density at radius 1 is 0.938 bits per heavy atom. The first-order valence-corrected chi connectivity index (χ1v) is 22.2. The fourth-order valence-corrected chi connectivity index (χ4v) is 8.37. The number of aryl methyl sites for hydroxylation is 1. The van der Waals surface area contributed by atoms with Gasteiger partial charge in [0.05, 0.1) is 16.7 Å². The highest BCUT2D eigenvalue weighted by molar-refractivity contribution is 7.99. The van der Waals surface area contributed by atoms with E-state index in [9.17, 15) is 38.9 Å².